The molecule has 0 rings (SSSR count). The van der Waals surface area contributed by atoms with Gasteiger partial charge in [0.25, 0.3) is 0 Å². The van der Waals surface area contributed by atoms with Crippen LogP contribution in [0.4, 0.5) is 0 Å². The van der Waals surface area contributed by atoms with Crippen LogP contribution in [0.5, 0.6) is 0 Å². The first kappa shape index (κ1) is 12.6. The van der Waals surface area contributed by atoms with Gasteiger partial charge in [-0.3, -0.25) is 9.69 Å². The zero-order valence-electron chi connectivity index (χ0n) is 9.08. The second kappa shape index (κ2) is 6.11. The monoisotopic (exact) mass is 187 g/mol. The molecular weight excluding hydrogens is 166 g/mol. The number of carbonyl (C=O) groups is 1. The predicted octanol–water partition coefficient (Wildman–Crippen LogP) is 0.914. The van der Waals surface area contributed by atoms with Crippen LogP contribution in [0.2, 0.25) is 0 Å². The molecular formula is C10H21NO2. The number of aliphatic hydroxyl groups excluding tert-OH is 1. The molecule has 0 aliphatic carbocycles. The molecule has 0 unspecified atom stereocenters. The molecule has 0 aromatic heterocycles. The Morgan fingerprint density at radius 3 is 2.15 bits per heavy atom. The Labute approximate surface area is 80.7 Å². The first-order valence-electron chi connectivity index (χ1n) is 4.86. The quantitative estimate of drug-likeness (QED) is 0.672. The molecule has 0 aliphatic rings. The Morgan fingerprint density at radius 1 is 1.31 bits per heavy atom. The number of rotatable bonds is 6. The van der Waals surface area contributed by atoms with Crippen LogP contribution >= 0.6 is 0 Å². The third kappa shape index (κ3) is 5.01. The zero-order chi connectivity index (χ0) is 10.4. The fraction of sp³-hybridized carbons (Fsp3) is 0.900. The summed E-state index contributed by atoms with van der Waals surface area (Å²) >= 11 is 0. The predicted molar refractivity (Wildman–Crippen MR) is 53.6 cm³/mol. The van der Waals surface area contributed by atoms with Gasteiger partial charge in [0.1, 0.15) is 5.78 Å². The smallest absolute Gasteiger partial charge is 0.149 e. The van der Waals surface area contributed by atoms with Gasteiger partial charge >= 0.3 is 0 Å². The highest BCUT2D eigenvalue weighted by molar-refractivity contribution is 5.82. The van der Waals surface area contributed by atoms with Crippen LogP contribution in [-0.4, -0.2) is 41.5 Å². The summed E-state index contributed by atoms with van der Waals surface area (Å²) in [6.45, 7) is 9.02. The Kier molecular flexibility index (Phi) is 5.91. The molecule has 0 atom stereocenters. The first-order valence-corrected chi connectivity index (χ1v) is 4.86. The maximum atomic E-state index is 11.4. The third-order valence-corrected chi connectivity index (χ3v) is 2.12. The minimum absolute atomic E-state index is 0.0833. The number of aliphatic hydroxyl groups is 1. The van der Waals surface area contributed by atoms with Crippen LogP contribution in [0.25, 0.3) is 0 Å². The van der Waals surface area contributed by atoms with E-state index in [4.69, 9.17) is 5.11 Å². The number of nitrogens with zero attached hydrogens (tertiary/aromatic N) is 1. The van der Waals surface area contributed by atoms with E-state index >= 15 is 0 Å². The fourth-order valence-corrected chi connectivity index (χ4v) is 1.03. The van der Waals surface area contributed by atoms with E-state index in [1.165, 1.54) is 0 Å². The Morgan fingerprint density at radius 2 is 1.85 bits per heavy atom. The maximum absolute atomic E-state index is 11.4. The Hall–Kier alpha value is -0.410. The van der Waals surface area contributed by atoms with Crippen LogP contribution in [0, 0.1) is 5.92 Å². The fourth-order valence-electron chi connectivity index (χ4n) is 1.03. The van der Waals surface area contributed by atoms with Gasteiger partial charge in [-0.25, -0.2) is 0 Å². The average molecular weight is 187 g/mol. The SMILES string of the molecule is CC(C)C(=O)CN(CCO)C(C)C. The first-order chi connectivity index (χ1) is 5.99. The summed E-state index contributed by atoms with van der Waals surface area (Å²) in [5.41, 5.74) is 0. The summed E-state index contributed by atoms with van der Waals surface area (Å²) in [7, 11) is 0. The summed E-state index contributed by atoms with van der Waals surface area (Å²) < 4.78 is 0. The molecule has 0 fully saturated rings. The molecule has 0 aliphatic heterocycles. The Balaban J connectivity index is 4.02. The molecule has 0 heterocycles. The van der Waals surface area contributed by atoms with E-state index < -0.39 is 0 Å². The van der Waals surface area contributed by atoms with E-state index in [-0.39, 0.29) is 18.3 Å². The molecule has 0 bridgehead atoms. The topological polar surface area (TPSA) is 40.5 Å². The van der Waals surface area contributed by atoms with Crippen molar-refractivity contribution in [1.29, 1.82) is 0 Å². The van der Waals surface area contributed by atoms with Gasteiger partial charge in [0.15, 0.2) is 0 Å². The zero-order valence-corrected chi connectivity index (χ0v) is 9.08. The second-order valence-corrected chi connectivity index (χ2v) is 3.91. The van der Waals surface area contributed by atoms with Crippen molar-refractivity contribution in [3.05, 3.63) is 0 Å². The molecule has 0 amide bonds. The van der Waals surface area contributed by atoms with E-state index in [1.807, 2.05) is 32.6 Å². The average Bonchev–Trinajstić information content (AvgIpc) is 2.03. The van der Waals surface area contributed by atoms with Crippen molar-refractivity contribution >= 4 is 5.78 Å². The van der Waals surface area contributed by atoms with Crippen LogP contribution in [0.1, 0.15) is 27.7 Å². The van der Waals surface area contributed by atoms with E-state index in [0.29, 0.717) is 19.1 Å². The summed E-state index contributed by atoms with van der Waals surface area (Å²) in [6, 6.07) is 0.315. The van der Waals surface area contributed by atoms with Crippen LogP contribution < -0.4 is 0 Å². The van der Waals surface area contributed by atoms with Crippen molar-refractivity contribution < 1.29 is 9.90 Å². The summed E-state index contributed by atoms with van der Waals surface area (Å²) in [5, 5.41) is 8.78. The molecule has 0 saturated heterocycles. The number of Topliss-reactive ketones (excluding diaryl/α,β-unsaturated/α-hetero) is 1. The number of ketones is 1. The minimum Gasteiger partial charge on any atom is -0.395 e. The lowest BCUT2D eigenvalue weighted by Gasteiger charge is -2.25. The second-order valence-electron chi connectivity index (χ2n) is 3.91. The summed E-state index contributed by atoms with van der Waals surface area (Å²) in [4.78, 5) is 13.4. The van der Waals surface area contributed by atoms with Crippen molar-refractivity contribution in [2.75, 3.05) is 19.7 Å². The van der Waals surface area contributed by atoms with Crippen molar-refractivity contribution in [1.82, 2.24) is 4.90 Å². The van der Waals surface area contributed by atoms with Gasteiger partial charge in [-0.2, -0.15) is 0 Å². The number of hydrogen-bond donors (Lipinski definition) is 1. The lowest BCUT2D eigenvalue weighted by molar-refractivity contribution is -0.123. The molecule has 13 heavy (non-hydrogen) atoms. The highest BCUT2D eigenvalue weighted by Crippen LogP contribution is 2.01. The Bertz CT molecular complexity index is 155. The van der Waals surface area contributed by atoms with E-state index in [1.54, 1.807) is 0 Å². The van der Waals surface area contributed by atoms with E-state index in [0.717, 1.165) is 0 Å². The maximum Gasteiger partial charge on any atom is 0.149 e. The van der Waals surface area contributed by atoms with Gasteiger partial charge in [0.2, 0.25) is 0 Å². The number of carbonyl (C=O) groups excluding carboxylic acids is 1. The highest BCUT2D eigenvalue weighted by Gasteiger charge is 2.15. The van der Waals surface area contributed by atoms with Crippen LogP contribution in [0.3, 0.4) is 0 Å². The molecule has 0 aromatic rings. The lowest BCUT2D eigenvalue weighted by atomic mass is 10.1. The molecule has 0 spiro atoms. The normalized spacial score (nSPS) is 11.7. The van der Waals surface area contributed by atoms with Gasteiger partial charge in [-0.1, -0.05) is 13.8 Å². The summed E-state index contributed by atoms with van der Waals surface area (Å²) in [5.74, 6) is 0.321. The van der Waals surface area contributed by atoms with Crippen molar-refractivity contribution in [2.24, 2.45) is 5.92 Å². The molecule has 3 heteroatoms. The van der Waals surface area contributed by atoms with Crippen LogP contribution in [0.15, 0.2) is 0 Å². The summed E-state index contributed by atoms with van der Waals surface area (Å²) in [6.07, 6.45) is 0. The van der Waals surface area contributed by atoms with E-state index in [9.17, 15) is 4.79 Å². The van der Waals surface area contributed by atoms with Gasteiger partial charge in [-0.05, 0) is 13.8 Å². The van der Waals surface area contributed by atoms with Gasteiger partial charge in [-0.15, -0.1) is 0 Å². The molecule has 3 nitrogen and oxygen atoms in total. The van der Waals surface area contributed by atoms with Crippen molar-refractivity contribution in [3.8, 4) is 0 Å². The van der Waals surface area contributed by atoms with E-state index in [2.05, 4.69) is 0 Å². The lowest BCUT2D eigenvalue weighted by Crippen LogP contribution is -2.38. The molecule has 78 valence electrons. The van der Waals surface area contributed by atoms with Gasteiger partial charge < -0.3 is 5.11 Å². The molecule has 1 N–H and O–H groups in total. The third-order valence-electron chi connectivity index (χ3n) is 2.12. The molecule has 0 aromatic carbocycles. The molecule has 0 saturated carbocycles. The van der Waals surface area contributed by atoms with Crippen LogP contribution in [-0.2, 0) is 4.79 Å². The largest absolute Gasteiger partial charge is 0.395 e. The van der Waals surface area contributed by atoms with Gasteiger partial charge in [0, 0.05) is 18.5 Å². The highest BCUT2D eigenvalue weighted by atomic mass is 16.3. The van der Waals surface area contributed by atoms with Gasteiger partial charge in [0.05, 0.1) is 13.2 Å². The van der Waals surface area contributed by atoms with Crippen molar-refractivity contribution in [2.45, 2.75) is 33.7 Å². The standard InChI is InChI=1S/C10H21NO2/c1-8(2)10(13)7-11(5-6-12)9(3)4/h8-9,12H,5-7H2,1-4H3. The molecule has 0 radical (unpaired) electrons. The minimum atomic E-state index is 0.0833. The van der Waals surface area contributed by atoms with Crippen molar-refractivity contribution in [3.63, 3.8) is 0 Å². The number of hydrogen-bond acceptors (Lipinski definition) is 3.